The fourth-order valence-corrected chi connectivity index (χ4v) is 3.88. The predicted molar refractivity (Wildman–Crippen MR) is 129 cm³/mol. The third-order valence-electron chi connectivity index (χ3n) is 5.48. The van der Waals surface area contributed by atoms with Gasteiger partial charge < -0.3 is 25.0 Å². The van der Waals surface area contributed by atoms with Crippen LogP contribution in [0.15, 0.2) is 30.3 Å². The quantitative estimate of drug-likeness (QED) is 0.330. The van der Waals surface area contributed by atoms with Gasteiger partial charge in [0, 0.05) is 30.9 Å². The molecular formula is C24H28N4O7. The number of nitrogens with one attached hydrogen (secondary N) is 2. The van der Waals surface area contributed by atoms with E-state index in [4.69, 9.17) is 9.47 Å². The van der Waals surface area contributed by atoms with Crippen molar-refractivity contribution in [3.63, 3.8) is 0 Å². The van der Waals surface area contributed by atoms with E-state index in [-0.39, 0.29) is 17.8 Å². The maximum absolute atomic E-state index is 12.7. The number of morpholine rings is 1. The zero-order chi connectivity index (χ0) is 25.5. The van der Waals surface area contributed by atoms with E-state index in [1.807, 2.05) is 37.8 Å². The van der Waals surface area contributed by atoms with Gasteiger partial charge in [-0.05, 0) is 38.0 Å². The van der Waals surface area contributed by atoms with E-state index >= 15 is 0 Å². The van der Waals surface area contributed by atoms with Crippen molar-refractivity contribution < 1.29 is 28.8 Å². The number of hydrogen-bond donors (Lipinski definition) is 2. The Morgan fingerprint density at radius 2 is 1.71 bits per heavy atom. The number of carbonyl (C=O) groups excluding carboxylic acids is 3. The lowest BCUT2D eigenvalue weighted by Crippen LogP contribution is -2.37. The molecular weight excluding hydrogens is 456 g/mol. The van der Waals surface area contributed by atoms with Gasteiger partial charge in [-0.3, -0.25) is 19.7 Å². The molecule has 0 aromatic heterocycles. The molecule has 0 saturated carbocycles. The van der Waals surface area contributed by atoms with Crippen molar-refractivity contribution in [2.75, 3.05) is 49.7 Å². The molecule has 186 valence electrons. The lowest BCUT2D eigenvalue weighted by atomic mass is 10.1. The summed E-state index contributed by atoms with van der Waals surface area (Å²) in [7, 11) is 0. The maximum atomic E-state index is 12.7. The molecule has 1 heterocycles. The normalized spacial score (nSPS) is 13.2. The van der Waals surface area contributed by atoms with Gasteiger partial charge in [0.25, 0.3) is 11.6 Å². The van der Waals surface area contributed by atoms with Gasteiger partial charge in [-0.2, -0.15) is 0 Å². The number of carbonyl (C=O) groups is 3. The highest BCUT2D eigenvalue weighted by Crippen LogP contribution is 2.27. The number of nitrogens with zero attached hydrogens (tertiary/aromatic N) is 2. The zero-order valence-corrected chi connectivity index (χ0v) is 19.9. The van der Waals surface area contributed by atoms with Crippen molar-refractivity contribution in [2.45, 2.75) is 20.8 Å². The Hall–Kier alpha value is -3.99. The minimum Gasteiger partial charge on any atom is -0.452 e. The smallest absolute Gasteiger partial charge is 0.341 e. The minimum absolute atomic E-state index is 0.0167. The van der Waals surface area contributed by atoms with Gasteiger partial charge in [-0.1, -0.05) is 17.7 Å². The Bertz CT molecular complexity index is 1120. The number of anilines is 2. The fraction of sp³-hybridized carbons (Fsp3) is 0.375. The largest absolute Gasteiger partial charge is 0.452 e. The van der Waals surface area contributed by atoms with Crippen LogP contribution in [0.5, 0.6) is 0 Å². The minimum atomic E-state index is -0.874. The number of benzene rings is 2. The van der Waals surface area contributed by atoms with Crippen molar-refractivity contribution in [1.82, 2.24) is 5.32 Å². The summed E-state index contributed by atoms with van der Waals surface area (Å²) in [5.41, 5.74) is 3.76. The number of amides is 2. The summed E-state index contributed by atoms with van der Waals surface area (Å²) >= 11 is 0. The first-order chi connectivity index (χ1) is 16.7. The Morgan fingerprint density at radius 3 is 2.34 bits per heavy atom. The SMILES string of the molecule is Cc1cc(C)c(NC(=O)CNC(=O)COC(=O)c2cc([N+](=O)[O-])ccc2N2CCOCC2)c(C)c1. The summed E-state index contributed by atoms with van der Waals surface area (Å²) in [6.07, 6.45) is 0. The Balaban J connectivity index is 1.58. The number of rotatable bonds is 8. The van der Waals surface area contributed by atoms with Gasteiger partial charge in [-0.15, -0.1) is 0 Å². The van der Waals surface area contributed by atoms with Gasteiger partial charge >= 0.3 is 5.97 Å². The molecule has 3 rings (SSSR count). The summed E-state index contributed by atoms with van der Waals surface area (Å²) in [5, 5.41) is 16.4. The number of esters is 1. The highest BCUT2D eigenvalue weighted by atomic mass is 16.6. The molecule has 2 aromatic rings. The van der Waals surface area contributed by atoms with Gasteiger partial charge in [0.2, 0.25) is 5.91 Å². The molecule has 2 amide bonds. The van der Waals surface area contributed by atoms with Crippen LogP contribution < -0.4 is 15.5 Å². The molecule has 0 unspecified atom stereocenters. The third kappa shape index (κ3) is 6.76. The Labute approximate surface area is 202 Å². The van der Waals surface area contributed by atoms with Crippen LogP contribution in [-0.2, 0) is 19.1 Å². The molecule has 1 fully saturated rings. The summed E-state index contributed by atoms with van der Waals surface area (Å²) in [6, 6.07) is 7.81. The van der Waals surface area contributed by atoms with E-state index < -0.39 is 29.3 Å². The highest BCUT2D eigenvalue weighted by molar-refractivity contribution is 5.99. The highest BCUT2D eigenvalue weighted by Gasteiger charge is 2.23. The van der Waals surface area contributed by atoms with Crippen LogP contribution in [0, 0.1) is 30.9 Å². The number of nitro groups is 1. The lowest BCUT2D eigenvalue weighted by molar-refractivity contribution is -0.384. The van der Waals surface area contributed by atoms with E-state index in [0.29, 0.717) is 37.7 Å². The molecule has 0 atom stereocenters. The van der Waals surface area contributed by atoms with Gasteiger partial charge in [-0.25, -0.2) is 4.79 Å². The number of non-ortho nitro benzene ring substituents is 1. The number of aryl methyl sites for hydroxylation is 3. The second kappa shape index (κ2) is 11.4. The van der Waals surface area contributed by atoms with Crippen LogP contribution in [0.1, 0.15) is 27.0 Å². The molecule has 2 N–H and O–H groups in total. The van der Waals surface area contributed by atoms with E-state index in [9.17, 15) is 24.5 Å². The molecule has 2 aromatic carbocycles. The molecule has 1 aliphatic heterocycles. The Morgan fingerprint density at radius 1 is 1.06 bits per heavy atom. The number of nitro benzene ring substituents is 1. The second-order valence-corrected chi connectivity index (χ2v) is 8.23. The molecule has 0 bridgehead atoms. The summed E-state index contributed by atoms with van der Waals surface area (Å²) in [5.74, 6) is -1.97. The molecule has 11 heteroatoms. The molecule has 1 aliphatic rings. The summed E-state index contributed by atoms with van der Waals surface area (Å²) in [6.45, 7) is 6.71. The fourth-order valence-electron chi connectivity index (χ4n) is 3.88. The molecule has 11 nitrogen and oxygen atoms in total. The van der Waals surface area contributed by atoms with Gasteiger partial charge in [0.1, 0.15) is 0 Å². The van der Waals surface area contributed by atoms with Gasteiger partial charge in [0.05, 0.1) is 35.9 Å². The molecule has 1 saturated heterocycles. The molecule has 0 aliphatic carbocycles. The van der Waals surface area contributed by atoms with Crippen LogP contribution in [-0.4, -0.2) is 62.2 Å². The zero-order valence-electron chi connectivity index (χ0n) is 19.9. The first-order valence-corrected chi connectivity index (χ1v) is 11.1. The lowest BCUT2D eigenvalue weighted by Gasteiger charge is -2.30. The average Bonchev–Trinajstić information content (AvgIpc) is 2.83. The molecule has 35 heavy (non-hydrogen) atoms. The van der Waals surface area contributed by atoms with E-state index in [2.05, 4.69) is 10.6 Å². The first-order valence-electron chi connectivity index (χ1n) is 11.1. The third-order valence-corrected chi connectivity index (χ3v) is 5.48. The maximum Gasteiger partial charge on any atom is 0.341 e. The molecule has 0 spiro atoms. The van der Waals surface area contributed by atoms with Crippen molar-refractivity contribution >= 4 is 34.8 Å². The van der Waals surface area contributed by atoms with Crippen molar-refractivity contribution in [3.8, 4) is 0 Å². The van der Waals surface area contributed by atoms with E-state index in [1.165, 1.54) is 12.1 Å². The summed E-state index contributed by atoms with van der Waals surface area (Å²) < 4.78 is 10.4. The van der Waals surface area contributed by atoms with Gasteiger partial charge in [0.15, 0.2) is 6.61 Å². The van der Waals surface area contributed by atoms with Crippen LogP contribution in [0.2, 0.25) is 0 Å². The van der Waals surface area contributed by atoms with Crippen LogP contribution in [0.4, 0.5) is 17.1 Å². The van der Waals surface area contributed by atoms with Crippen molar-refractivity contribution in [1.29, 1.82) is 0 Å². The Kier molecular flexibility index (Phi) is 8.37. The number of hydrogen-bond acceptors (Lipinski definition) is 8. The summed E-state index contributed by atoms with van der Waals surface area (Å²) in [4.78, 5) is 49.6. The van der Waals surface area contributed by atoms with Crippen LogP contribution in [0.25, 0.3) is 0 Å². The topological polar surface area (TPSA) is 140 Å². The van der Waals surface area contributed by atoms with Crippen molar-refractivity contribution in [2.24, 2.45) is 0 Å². The van der Waals surface area contributed by atoms with E-state index in [0.717, 1.165) is 22.8 Å². The standard InChI is InChI=1S/C24H28N4O7/c1-15-10-16(2)23(17(3)11-15)26-21(29)13-25-22(30)14-35-24(31)19-12-18(28(32)33)4-5-20(19)27-6-8-34-9-7-27/h4-5,10-12H,6-9,13-14H2,1-3H3,(H,25,30)(H,26,29). The van der Waals surface area contributed by atoms with E-state index in [1.54, 1.807) is 0 Å². The van der Waals surface area contributed by atoms with Crippen LogP contribution in [0.3, 0.4) is 0 Å². The van der Waals surface area contributed by atoms with Crippen molar-refractivity contribution in [3.05, 3.63) is 62.7 Å². The average molecular weight is 485 g/mol. The monoisotopic (exact) mass is 484 g/mol. The number of ether oxygens (including phenoxy) is 2. The molecule has 0 radical (unpaired) electrons. The first kappa shape index (κ1) is 25.6. The second-order valence-electron chi connectivity index (χ2n) is 8.23. The predicted octanol–water partition coefficient (Wildman–Crippen LogP) is 2.27. The van der Waals surface area contributed by atoms with Crippen LogP contribution >= 0.6 is 0 Å².